The van der Waals surface area contributed by atoms with Gasteiger partial charge in [-0.05, 0) is 50.1 Å². The standard InChI is InChI=1S/C21H25FN2O3S/c1-13-7-14(2)21(15(3)8-13)24-19(25)10-23-20(26)12-28-11-16-9-17(22)5-6-18(16)27-4/h5-9H,10-12H2,1-4H3,(H,23,26)(H,24,25). The number of aryl methyl sites for hydroxylation is 3. The lowest BCUT2D eigenvalue weighted by Crippen LogP contribution is -2.34. The van der Waals surface area contributed by atoms with Gasteiger partial charge >= 0.3 is 0 Å². The highest BCUT2D eigenvalue weighted by Crippen LogP contribution is 2.24. The van der Waals surface area contributed by atoms with Crippen molar-refractivity contribution in [3.8, 4) is 5.75 Å². The lowest BCUT2D eigenvalue weighted by Gasteiger charge is -2.13. The topological polar surface area (TPSA) is 67.4 Å². The van der Waals surface area contributed by atoms with E-state index in [0.29, 0.717) is 17.1 Å². The van der Waals surface area contributed by atoms with Crippen molar-refractivity contribution in [2.24, 2.45) is 0 Å². The monoisotopic (exact) mass is 404 g/mol. The van der Waals surface area contributed by atoms with E-state index < -0.39 is 0 Å². The first-order chi connectivity index (χ1) is 13.3. The van der Waals surface area contributed by atoms with Gasteiger partial charge in [-0.25, -0.2) is 4.39 Å². The Morgan fingerprint density at radius 2 is 1.75 bits per heavy atom. The predicted octanol–water partition coefficient (Wildman–Crippen LogP) is 3.75. The molecule has 0 aliphatic carbocycles. The summed E-state index contributed by atoms with van der Waals surface area (Å²) < 4.78 is 18.5. The third kappa shape index (κ3) is 6.27. The number of benzene rings is 2. The second-order valence-electron chi connectivity index (χ2n) is 6.55. The Hall–Kier alpha value is -2.54. The van der Waals surface area contributed by atoms with Crippen molar-refractivity contribution >= 4 is 29.3 Å². The molecule has 0 aliphatic rings. The van der Waals surface area contributed by atoms with Gasteiger partial charge < -0.3 is 15.4 Å². The van der Waals surface area contributed by atoms with Crippen LogP contribution in [0.5, 0.6) is 5.75 Å². The highest BCUT2D eigenvalue weighted by atomic mass is 32.2. The first kappa shape index (κ1) is 21.8. The summed E-state index contributed by atoms with van der Waals surface area (Å²) in [5.74, 6) is 0.294. The van der Waals surface area contributed by atoms with Gasteiger partial charge in [-0.15, -0.1) is 11.8 Å². The summed E-state index contributed by atoms with van der Waals surface area (Å²) in [6, 6.07) is 8.28. The Kier molecular flexibility index (Phi) is 7.87. The number of anilines is 1. The molecule has 28 heavy (non-hydrogen) atoms. The fraction of sp³-hybridized carbons (Fsp3) is 0.333. The van der Waals surface area contributed by atoms with Gasteiger partial charge in [-0.2, -0.15) is 0 Å². The summed E-state index contributed by atoms with van der Waals surface area (Å²) in [4.78, 5) is 24.1. The molecule has 2 rings (SSSR count). The van der Waals surface area contributed by atoms with Gasteiger partial charge in [-0.3, -0.25) is 9.59 Å². The molecule has 0 aromatic heterocycles. The van der Waals surface area contributed by atoms with Crippen LogP contribution < -0.4 is 15.4 Å². The fourth-order valence-corrected chi connectivity index (χ4v) is 3.74. The number of carbonyl (C=O) groups is 2. The van der Waals surface area contributed by atoms with Crippen LogP contribution in [0.2, 0.25) is 0 Å². The SMILES string of the molecule is COc1ccc(F)cc1CSCC(=O)NCC(=O)Nc1c(C)cc(C)cc1C. The molecule has 2 aromatic rings. The number of halogens is 1. The average Bonchev–Trinajstić information content (AvgIpc) is 2.63. The molecule has 5 nitrogen and oxygen atoms in total. The van der Waals surface area contributed by atoms with Crippen LogP contribution in [-0.4, -0.2) is 31.2 Å². The molecule has 0 heterocycles. The Bertz CT molecular complexity index is 848. The predicted molar refractivity (Wildman–Crippen MR) is 111 cm³/mol. The zero-order valence-electron chi connectivity index (χ0n) is 16.5. The van der Waals surface area contributed by atoms with Crippen molar-refractivity contribution in [1.82, 2.24) is 5.32 Å². The lowest BCUT2D eigenvalue weighted by atomic mass is 10.1. The number of methoxy groups -OCH3 is 1. The zero-order chi connectivity index (χ0) is 20.7. The van der Waals surface area contributed by atoms with Crippen LogP contribution in [-0.2, 0) is 15.3 Å². The molecule has 0 atom stereocenters. The maximum Gasteiger partial charge on any atom is 0.243 e. The van der Waals surface area contributed by atoms with Gasteiger partial charge in [-0.1, -0.05) is 17.7 Å². The zero-order valence-corrected chi connectivity index (χ0v) is 17.3. The third-order valence-corrected chi connectivity index (χ3v) is 5.10. The van der Waals surface area contributed by atoms with Crippen molar-refractivity contribution in [2.75, 3.05) is 24.7 Å². The van der Waals surface area contributed by atoms with Crippen molar-refractivity contribution in [3.05, 3.63) is 58.4 Å². The van der Waals surface area contributed by atoms with Gasteiger partial charge in [0, 0.05) is 17.0 Å². The molecule has 7 heteroatoms. The molecule has 0 saturated heterocycles. The van der Waals surface area contributed by atoms with Crippen molar-refractivity contribution in [3.63, 3.8) is 0 Å². The van der Waals surface area contributed by atoms with E-state index in [4.69, 9.17) is 4.74 Å². The molecule has 0 unspecified atom stereocenters. The van der Waals surface area contributed by atoms with E-state index in [9.17, 15) is 14.0 Å². The maximum atomic E-state index is 13.3. The van der Waals surface area contributed by atoms with Crippen LogP contribution in [0.1, 0.15) is 22.3 Å². The molecule has 0 radical (unpaired) electrons. The normalized spacial score (nSPS) is 10.5. The molecular formula is C21H25FN2O3S. The second kappa shape index (κ2) is 10.1. The van der Waals surface area contributed by atoms with Crippen LogP contribution in [0.3, 0.4) is 0 Å². The van der Waals surface area contributed by atoms with Crippen LogP contribution in [0.15, 0.2) is 30.3 Å². The molecule has 0 aliphatic heterocycles. The Labute approximate surface area is 169 Å². The Morgan fingerprint density at radius 3 is 2.39 bits per heavy atom. The molecule has 2 amide bonds. The molecule has 0 fully saturated rings. The largest absolute Gasteiger partial charge is 0.496 e. The number of amides is 2. The van der Waals surface area contributed by atoms with Gasteiger partial charge in [0.1, 0.15) is 11.6 Å². The molecule has 0 saturated carbocycles. The number of thioether (sulfide) groups is 1. The van der Waals surface area contributed by atoms with Gasteiger partial charge in [0.25, 0.3) is 0 Å². The van der Waals surface area contributed by atoms with Crippen LogP contribution in [0, 0.1) is 26.6 Å². The summed E-state index contributed by atoms with van der Waals surface area (Å²) in [6.45, 7) is 5.77. The number of nitrogens with one attached hydrogen (secondary N) is 2. The molecule has 0 spiro atoms. The van der Waals surface area contributed by atoms with E-state index in [2.05, 4.69) is 10.6 Å². The number of hydrogen-bond donors (Lipinski definition) is 2. The summed E-state index contributed by atoms with van der Waals surface area (Å²) in [6.07, 6.45) is 0. The number of ether oxygens (including phenoxy) is 1. The Morgan fingerprint density at radius 1 is 1.07 bits per heavy atom. The van der Waals surface area contributed by atoms with E-state index in [0.717, 1.165) is 22.4 Å². The lowest BCUT2D eigenvalue weighted by molar-refractivity contribution is -0.122. The summed E-state index contributed by atoms with van der Waals surface area (Å²) in [5, 5.41) is 5.45. The minimum Gasteiger partial charge on any atom is -0.496 e. The summed E-state index contributed by atoms with van der Waals surface area (Å²) in [7, 11) is 1.52. The van der Waals surface area contributed by atoms with Crippen molar-refractivity contribution in [2.45, 2.75) is 26.5 Å². The molecule has 150 valence electrons. The Balaban J connectivity index is 1.78. The third-order valence-electron chi connectivity index (χ3n) is 4.12. The number of carbonyl (C=O) groups excluding carboxylic acids is 2. The van der Waals surface area contributed by atoms with E-state index >= 15 is 0 Å². The maximum absolute atomic E-state index is 13.3. The minimum absolute atomic E-state index is 0.102. The second-order valence-corrected chi connectivity index (χ2v) is 7.53. The average molecular weight is 405 g/mol. The highest BCUT2D eigenvalue weighted by molar-refractivity contribution is 7.99. The molecule has 0 bridgehead atoms. The first-order valence-electron chi connectivity index (χ1n) is 8.84. The molecule has 2 aromatic carbocycles. The number of rotatable bonds is 8. The van der Waals surface area contributed by atoms with Gasteiger partial charge in [0.15, 0.2) is 0 Å². The smallest absolute Gasteiger partial charge is 0.243 e. The van der Waals surface area contributed by atoms with Crippen LogP contribution in [0.25, 0.3) is 0 Å². The molecule has 2 N–H and O–H groups in total. The molecular weight excluding hydrogens is 379 g/mol. The van der Waals surface area contributed by atoms with E-state index in [1.54, 1.807) is 6.07 Å². The summed E-state index contributed by atoms with van der Waals surface area (Å²) >= 11 is 1.32. The minimum atomic E-state index is -0.348. The number of hydrogen-bond acceptors (Lipinski definition) is 4. The van der Waals surface area contributed by atoms with Gasteiger partial charge in [0.05, 0.1) is 19.4 Å². The quantitative estimate of drug-likeness (QED) is 0.703. The highest BCUT2D eigenvalue weighted by Gasteiger charge is 2.11. The van der Waals surface area contributed by atoms with Crippen molar-refractivity contribution < 1.29 is 18.7 Å². The first-order valence-corrected chi connectivity index (χ1v) is 10.00. The fourth-order valence-electron chi connectivity index (χ4n) is 2.90. The van der Waals surface area contributed by atoms with E-state index in [1.807, 2.05) is 32.9 Å². The van der Waals surface area contributed by atoms with Crippen LogP contribution >= 0.6 is 11.8 Å². The van der Waals surface area contributed by atoms with Gasteiger partial charge in [0.2, 0.25) is 11.8 Å². The van der Waals surface area contributed by atoms with E-state index in [-0.39, 0.29) is 29.9 Å². The summed E-state index contributed by atoms with van der Waals surface area (Å²) in [5.41, 5.74) is 4.56. The van der Waals surface area contributed by atoms with E-state index in [1.165, 1.54) is 31.0 Å². The van der Waals surface area contributed by atoms with Crippen molar-refractivity contribution in [1.29, 1.82) is 0 Å². The van der Waals surface area contributed by atoms with Crippen LogP contribution in [0.4, 0.5) is 10.1 Å².